The number of halogens is 1. The Morgan fingerprint density at radius 2 is 2.16 bits per heavy atom. The van der Waals surface area contributed by atoms with E-state index in [4.69, 9.17) is 0 Å². The predicted octanol–water partition coefficient (Wildman–Crippen LogP) is 0.721. The zero-order valence-corrected chi connectivity index (χ0v) is 12.0. The second kappa shape index (κ2) is 4.73. The summed E-state index contributed by atoms with van der Waals surface area (Å²) in [5.74, 6) is -1.45. The summed E-state index contributed by atoms with van der Waals surface area (Å²) in [6.07, 6.45) is 1.48. The van der Waals surface area contributed by atoms with Crippen LogP contribution in [-0.4, -0.2) is 39.7 Å². The SMILES string of the molecule is CC1(C)C(=O)NC(=O)CN1C(=O)c1ncccc1Br. The van der Waals surface area contributed by atoms with Gasteiger partial charge in [0.2, 0.25) is 5.91 Å². The van der Waals surface area contributed by atoms with Crippen molar-refractivity contribution < 1.29 is 14.4 Å². The van der Waals surface area contributed by atoms with Crippen LogP contribution in [0.3, 0.4) is 0 Å². The normalized spacial score (nSPS) is 18.2. The number of nitrogens with one attached hydrogen (secondary N) is 1. The van der Waals surface area contributed by atoms with E-state index in [-0.39, 0.29) is 12.2 Å². The quantitative estimate of drug-likeness (QED) is 0.772. The maximum Gasteiger partial charge on any atom is 0.274 e. The molecule has 2 heterocycles. The molecular weight excluding hydrogens is 314 g/mol. The number of amides is 3. The van der Waals surface area contributed by atoms with Gasteiger partial charge in [-0.25, -0.2) is 4.98 Å². The molecule has 6 nitrogen and oxygen atoms in total. The topological polar surface area (TPSA) is 79.4 Å². The van der Waals surface area contributed by atoms with E-state index in [2.05, 4.69) is 26.2 Å². The molecule has 0 aliphatic carbocycles. The zero-order chi connectivity index (χ0) is 14.2. The molecule has 1 fully saturated rings. The van der Waals surface area contributed by atoms with Gasteiger partial charge >= 0.3 is 0 Å². The first-order chi connectivity index (χ1) is 8.84. The lowest BCUT2D eigenvalue weighted by atomic mass is 9.98. The zero-order valence-electron chi connectivity index (χ0n) is 10.4. The molecule has 0 saturated carbocycles. The fourth-order valence-electron chi connectivity index (χ4n) is 1.78. The Bertz CT molecular complexity index is 571. The Kier molecular flexibility index (Phi) is 3.40. The van der Waals surface area contributed by atoms with E-state index in [1.807, 2.05) is 0 Å². The third-order valence-corrected chi connectivity index (χ3v) is 3.63. The standard InChI is InChI=1S/C12H12BrN3O3/c1-12(2)11(19)15-8(17)6-16(12)10(18)9-7(13)4-3-5-14-9/h3-5H,6H2,1-2H3,(H,15,17,19). The lowest BCUT2D eigenvalue weighted by Gasteiger charge is -2.39. The number of imide groups is 1. The van der Waals surface area contributed by atoms with Gasteiger partial charge in [-0.3, -0.25) is 19.7 Å². The first kappa shape index (κ1) is 13.7. The molecule has 100 valence electrons. The lowest BCUT2D eigenvalue weighted by Crippen LogP contribution is -2.65. The Labute approximate surface area is 118 Å². The highest BCUT2D eigenvalue weighted by molar-refractivity contribution is 9.10. The summed E-state index contributed by atoms with van der Waals surface area (Å²) >= 11 is 3.24. The van der Waals surface area contributed by atoms with Crippen molar-refractivity contribution >= 4 is 33.7 Å². The number of hydrogen-bond donors (Lipinski definition) is 1. The average molecular weight is 326 g/mol. The molecule has 0 atom stereocenters. The third-order valence-electron chi connectivity index (χ3n) is 2.99. The number of carbonyl (C=O) groups is 3. The molecule has 19 heavy (non-hydrogen) atoms. The van der Waals surface area contributed by atoms with E-state index in [0.717, 1.165) is 0 Å². The van der Waals surface area contributed by atoms with Gasteiger partial charge in [0.15, 0.2) is 0 Å². The van der Waals surface area contributed by atoms with Crippen molar-refractivity contribution in [2.24, 2.45) is 0 Å². The molecule has 1 N–H and O–H groups in total. The van der Waals surface area contributed by atoms with Crippen LogP contribution in [0.4, 0.5) is 0 Å². The smallest absolute Gasteiger partial charge is 0.274 e. The number of aromatic nitrogens is 1. The first-order valence-corrected chi connectivity index (χ1v) is 6.40. The number of rotatable bonds is 1. The number of carbonyl (C=O) groups excluding carboxylic acids is 3. The molecule has 7 heteroatoms. The minimum atomic E-state index is -1.10. The van der Waals surface area contributed by atoms with Gasteiger partial charge in [0.05, 0.1) is 0 Å². The highest BCUT2D eigenvalue weighted by atomic mass is 79.9. The Balaban J connectivity index is 2.40. The predicted molar refractivity (Wildman–Crippen MR) is 70.2 cm³/mol. The highest BCUT2D eigenvalue weighted by Crippen LogP contribution is 2.23. The van der Waals surface area contributed by atoms with Crippen LogP contribution in [-0.2, 0) is 9.59 Å². The van der Waals surface area contributed by atoms with E-state index < -0.39 is 23.3 Å². The van der Waals surface area contributed by atoms with Gasteiger partial charge in [0.1, 0.15) is 17.8 Å². The van der Waals surface area contributed by atoms with E-state index in [1.165, 1.54) is 11.1 Å². The van der Waals surface area contributed by atoms with Gasteiger partial charge in [-0.2, -0.15) is 0 Å². The van der Waals surface area contributed by atoms with E-state index >= 15 is 0 Å². The summed E-state index contributed by atoms with van der Waals surface area (Å²) < 4.78 is 0.522. The van der Waals surface area contributed by atoms with Crippen molar-refractivity contribution in [3.63, 3.8) is 0 Å². The summed E-state index contributed by atoms with van der Waals surface area (Å²) in [6, 6.07) is 3.36. The molecule has 1 aromatic heterocycles. The van der Waals surface area contributed by atoms with Crippen molar-refractivity contribution in [2.45, 2.75) is 19.4 Å². The van der Waals surface area contributed by atoms with Crippen LogP contribution in [0.1, 0.15) is 24.3 Å². The van der Waals surface area contributed by atoms with Crippen molar-refractivity contribution in [2.75, 3.05) is 6.54 Å². The maximum atomic E-state index is 12.4. The Morgan fingerprint density at radius 1 is 1.47 bits per heavy atom. The van der Waals surface area contributed by atoms with E-state index in [1.54, 1.807) is 26.0 Å². The summed E-state index contributed by atoms with van der Waals surface area (Å²) in [5, 5.41) is 2.22. The molecule has 3 amide bonds. The van der Waals surface area contributed by atoms with Crippen molar-refractivity contribution in [3.05, 3.63) is 28.5 Å². The molecule has 0 unspecified atom stereocenters. The van der Waals surface area contributed by atoms with Crippen LogP contribution in [0.25, 0.3) is 0 Å². The molecule has 1 aliphatic rings. The molecule has 0 bridgehead atoms. The maximum absolute atomic E-state index is 12.4. The molecule has 0 spiro atoms. The summed E-state index contributed by atoms with van der Waals surface area (Å²) in [4.78, 5) is 40.9. The van der Waals surface area contributed by atoms with Crippen LogP contribution in [0, 0.1) is 0 Å². The highest BCUT2D eigenvalue weighted by Gasteiger charge is 2.44. The lowest BCUT2D eigenvalue weighted by molar-refractivity contribution is -0.143. The number of pyridine rings is 1. The van der Waals surface area contributed by atoms with Gasteiger partial charge in [-0.1, -0.05) is 0 Å². The summed E-state index contributed by atoms with van der Waals surface area (Å²) in [5.41, 5.74) is -0.917. The van der Waals surface area contributed by atoms with Gasteiger partial charge < -0.3 is 4.90 Å². The largest absolute Gasteiger partial charge is 0.314 e. The number of nitrogens with zero attached hydrogens (tertiary/aromatic N) is 2. The van der Waals surface area contributed by atoms with Gasteiger partial charge in [0.25, 0.3) is 11.8 Å². The third kappa shape index (κ3) is 2.37. The van der Waals surface area contributed by atoms with Crippen molar-refractivity contribution in [1.29, 1.82) is 0 Å². The van der Waals surface area contributed by atoms with Gasteiger partial charge in [-0.05, 0) is 41.9 Å². The fourth-order valence-corrected chi connectivity index (χ4v) is 2.20. The minimum absolute atomic E-state index is 0.166. The monoisotopic (exact) mass is 325 g/mol. The van der Waals surface area contributed by atoms with Crippen LogP contribution in [0.15, 0.2) is 22.8 Å². The van der Waals surface area contributed by atoms with Crippen molar-refractivity contribution in [1.82, 2.24) is 15.2 Å². The molecule has 1 saturated heterocycles. The average Bonchev–Trinajstić information content (AvgIpc) is 2.34. The molecular formula is C12H12BrN3O3. The molecule has 1 aliphatic heterocycles. The molecule has 2 rings (SSSR count). The Morgan fingerprint density at radius 3 is 2.79 bits per heavy atom. The second-order valence-corrected chi connectivity index (χ2v) is 5.52. The molecule has 1 aromatic rings. The van der Waals surface area contributed by atoms with Gasteiger partial charge in [0, 0.05) is 10.7 Å². The van der Waals surface area contributed by atoms with Crippen LogP contribution >= 0.6 is 15.9 Å². The summed E-state index contributed by atoms with van der Waals surface area (Å²) in [7, 11) is 0. The molecule has 0 aromatic carbocycles. The van der Waals surface area contributed by atoms with Crippen molar-refractivity contribution in [3.8, 4) is 0 Å². The summed E-state index contributed by atoms with van der Waals surface area (Å²) in [6.45, 7) is 3.01. The Hall–Kier alpha value is -1.76. The second-order valence-electron chi connectivity index (χ2n) is 4.66. The molecule has 0 radical (unpaired) electrons. The number of piperazine rings is 1. The van der Waals surface area contributed by atoms with Gasteiger partial charge in [-0.15, -0.1) is 0 Å². The van der Waals surface area contributed by atoms with Crippen LogP contribution in [0.5, 0.6) is 0 Å². The fraction of sp³-hybridized carbons (Fsp3) is 0.333. The first-order valence-electron chi connectivity index (χ1n) is 5.61. The minimum Gasteiger partial charge on any atom is -0.314 e. The number of hydrogen-bond acceptors (Lipinski definition) is 4. The van der Waals surface area contributed by atoms with Crippen LogP contribution in [0.2, 0.25) is 0 Å². The van der Waals surface area contributed by atoms with E-state index in [0.29, 0.717) is 4.47 Å². The van der Waals surface area contributed by atoms with E-state index in [9.17, 15) is 14.4 Å². The van der Waals surface area contributed by atoms with Crippen LogP contribution < -0.4 is 5.32 Å².